The van der Waals surface area contributed by atoms with Gasteiger partial charge in [-0.25, -0.2) is 8.42 Å². The van der Waals surface area contributed by atoms with Crippen molar-refractivity contribution in [3.63, 3.8) is 0 Å². The highest BCUT2D eigenvalue weighted by atomic mass is 32.2. The van der Waals surface area contributed by atoms with E-state index in [4.69, 9.17) is 0 Å². The van der Waals surface area contributed by atoms with Gasteiger partial charge in [0.05, 0.1) is 26.8 Å². The largest absolute Gasteiger partial charge is 0.367 e. The van der Waals surface area contributed by atoms with E-state index in [0.29, 0.717) is 4.88 Å². The zero-order valence-corrected chi connectivity index (χ0v) is 21.3. The molecule has 0 aliphatic heterocycles. The number of hydrogen-bond acceptors (Lipinski definition) is 7. The number of sulfone groups is 1. The van der Waals surface area contributed by atoms with Crippen molar-refractivity contribution in [1.82, 2.24) is 10.3 Å². The van der Waals surface area contributed by atoms with Crippen LogP contribution in [0, 0.1) is 0 Å². The summed E-state index contributed by atoms with van der Waals surface area (Å²) >= 11 is 1.38. The molecule has 0 spiro atoms. The predicted molar refractivity (Wildman–Crippen MR) is 144 cm³/mol. The van der Waals surface area contributed by atoms with E-state index in [1.54, 1.807) is 53.7 Å². The lowest BCUT2D eigenvalue weighted by Crippen LogP contribution is -2.21. The fraction of sp³-hybridized carbons (Fsp3) is 0.148. The molecule has 0 fully saturated rings. The minimum Gasteiger partial charge on any atom is -0.367 e. The van der Waals surface area contributed by atoms with Crippen molar-refractivity contribution >= 4 is 55.2 Å². The summed E-state index contributed by atoms with van der Waals surface area (Å²) in [6.07, 6.45) is 7.60. The predicted octanol–water partition coefficient (Wildman–Crippen LogP) is 4.35. The molecule has 4 rings (SSSR count). The SMILES string of the molecule is CN(CC=O)c1ccccc1C=CCS(=O)(=O)c1ccc(CNC(=O)c2cc3ccncc3s2)cc1. The molecule has 0 radical (unpaired) electrons. The summed E-state index contributed by atoms with van der Waals surface area (Å²) in [5.41, 5.74) is 2.47. The number of thiophene rings is 1. The standard InChI is InChI=1S/C27H25N3O4S2/c1-30(14-15-31)24-7-3-2-5-21(24)6-4-16-36(33,34)23-10-8-20(9-11-23)18-29-27(32)25-17-22-12-13-28-19-26(22)35-25/h2-13,15,17,19H,14,16,18H2,1H3,(H,29,32). The summed E-state index contributed by atoms with van der Waals surface area (Å²) in [5.74, 6) is -0.340. The zero-order valence-electron chi connectivity index (χ0n) is 19.6. The van der Waals surface area contributed by atoms with E-state index < -0.39 is 9.84 Å². The van der Waals surface area contributed by atoms with Crippen LogP contribution in [0.5, 0.6) is 0 Å². The van der Waals surface area contributed by atoms with Gasteiger partial charge in [0.25, 0.3) is 5.91 Å². The molecule has 1 N–H and O–H groups in total. The molecule has 184 valence electrons. The normalized spacial score (nSPS) is 11.6. The van der Waals surface area contributed by atoms with Gasteiger partial charge < -0.3 is 15.0 Å². The molecule has 7 nitrogen and oxygen atoms in total. The summed E-state index contributed by atoms with van der Waals surface area (Å²) in [6.45, 7) is 0.536. The molecule has 2 aromatic heterocycles. The Kier molecular flexibility index (Phi) is 7.92. The highest BCUT2D eigenvalue weighted by molar-refractivity contribution is 7.91. The van der Waals surface area contributed by atoms with E-state index in [1.807, 2.05) is 43.4 Å². The highest BCUT2D eigenvalue weighted by Crippen LogP contribution is 2.24. The van der Waals surface area contributed by atoms with Gasteiger partial charge in [0.15, 0.2) is 9.84 Å². The first-order valence-corrected chi connectivity index (χ1v) is 13.7. The molecule has 0 aliphatic carbocycles. The van der Waals surface area contributed by atoms with Crippen molar-refractivity contribution < 1.29 is 18.0 Å². The number of carbonyl (C=O) groups is 2. The van der Waals surface area contributed by atoms with E-state index in [1.165, 1.54) is 11.3 Å². The molecule has 0 bridgehead atoms. The van der Waals surface area contributed by atoms with Crippen LogP contribution in [0.3, 0.4) is 0 Å². The minimum atomic E-state index is -3.53. The van der Waals surface area contributed by atoms with Gasteiger partial charge in [-0.05, 0) is 46.8 Å². The maximum atomic E-state index is 12.8. The molecule has 1 amide bonds. The topological polar surface area (TPSA) is 96.4 Å². The van der Waals surface area contributed by atoms with Crippen LogP contribution in [0.15, 0.2) is 84.0 Å². The van der Waals surface area contributed by atoms with Gasteiger partial charge >= 0.3 is 0 Å². The van der Waals surface area contributed by atoms with Gasteiger partial charge in [-0.3, -0.25) is 9.78 Å². The molecule has 0 saturated heterocycles. The second-order valence-electron chi connectivity index (χ2n) is 8.14. The van der Waals surface area contributed by atoms with Crippen LogP contribution in [-0.2, 0) is 21.2 Å². The van der Waals surface area contributed by atoms with Crippen LogP contribution in [0.2, 0.25) is 0 Å². The third-order valence-corrected chi connectivity index (χ3v) is 8.30. The molecule has 4 aromatic rings. The first-order valence-electron chi connectivity index (χ1n) is 11.2. The van der Waals surface area contributed by atoms with Crippen molar-refractivity contribution in [2.45, 2.75) is 11.4 Å². The number of aromatic nitrogens is 1. The molecule has 0 atom stereocenters. The quantitative estimate of drug-likeness (QED) is 0.313. The molecular weight excluding hydrogens is 494 g/mol. The third-order valence-electron chi connectivity index (χ3n) is 5.59. The average molecular weight is 520 g/mol. The molecule has 0 aliphatic rings. The smallest absolute Gasteiger partial charge is 0.261 e. The second kappa shape index (κ2) is 11.3. The van der Waals surface area contributed by atoms with E-state index in [2.05, 4.69) is 10.3 Å². The number of nitrogens with one attached hydrogen (secondary N) is 1. The Morgan fingerprint density at radius 1 is 1.11 bits per heavy atom. The van der Waals surface area contributed by atoms with E-state index in [-0.39, 0.29) is 29.6 Å². The maximum Gasteiger partial charge on any atom is 0.261 e. The van der Waals surface area contributed by atoms with E-state index in [0.717, 1.165) is 33.2 Å². The fourth-order valence-corrected chi connectivity index (χ4v) is 5.70. The number of anilines is 1. The molecule has 2 aromatic carbocycles. The Labute approximate surface area is 214 Å². The number of carbonyl (C=O) groups excluding carboxylic acids is 2. The van der Waals surface area contributed by atoms with Crippen molar-refractivity contribution in [2.75, 3.05) is 24.2 Å². The fourth-order valence-electron chi connectivity index (χ4n) is 3.66. The summed E-state index contributed by atoms with van der Waals surface area (Å²) in [5, 5.41) is 3.85. The van der Waals surface area contributed by atoms with Crippen LogP contribution in [-0.4, -0.2) is 44.9 Å². The lowest BCUT2D eigenvalue weighted by atomic mass is 10.1. The number of fused-ring (bicyclic) bond motifs is 1. The summed E-state index contributed by atoms with van der Waals surface area (Å²) < 4.78 is 26.6. The zero-order chi connectivity index (χ0) is 25.5. The number of likely N-dealkylation sites (N-methyl/N-ethyl adjacent to an activating group) is 1. The average Bonchev–Trinajstić information content (AvgIpc) is 3.32. The summed E-state index contributed by atoms with van der Waals surface area (Å²) in [6, 6.07) is 17.7. The number of amides is 1. The van der Waals surface area contributed by atoms with Gasteiger partial charge in [0, 0.05) is 31.7 Å². The van der Waals surface area contributed by atoms with Gasteiger partial charge in [-0.2, -0.15) is 0 Å². The minimum absolute atomic E-state index is 0.157. The van der Waals surface area contributed by atoms with Crippen molar-refractivity contribution in [1.29, 1.82) is 0 Å². The van der Waals surface area contributed by atoms with Crippen molar-refractivity contribution in [3.8, 4) is 0 Å². The maximum absolute atomic E-state index is 12.8. The number of aldehydes is 1. The molecular formula is C27H25N3O4S2. The Hall–Kier alpha value is -3.82. The second-order valence-corrected chi connectivity index (χ2v) is 11.3. The Bertz CT molecular complexity index is 1480. The van der Waals surface area contributed by atoms with Crippen molar-refractivity contribution in [2.24, 2.45) is 0 Å². The van der Waals surface area contributed by atoms with Crippen LogP contribution in [0.4, 0.5) is 5.69 Å². The van der Waals surface area contributed by atoms with Gasteiger partial charge in [-0.1, -0.05) is 42.5 Å². The number of pyridine rings is 1. The molecule has 2 heterocycles. The summed E-state index contributed by atoms with van der Waals surface area (Å²) in [4.78, 5) is 30.0. The number of para-hydroxylation sites is 1. The molecule has 0 unspecified atom stereocenters. The number of benzene rings is 2. The molecule has 0 saturated carbocycles. The third kappa shape index (κ3) is 6.05. The van der Waals surface area contributed by atoms with Crippen molar-refractivity contribution in [3.05, 3.63) is 95.1 Å². The van der Waals surface area contributed by atoms with Crippen LogP contribution in [0.1, 0.15) is 20.8 Å². The van der Waals surface area contributed by atoms with E-state index in [9.17, 15) is 18.0 Å². The Balaban J connectivity index is 1.37. The van der Waals surface area contributed by atoms with Gasteiger partial charge in [0.2, 0.25) is 0 Å². The monoisotopic (exact) mass is 519 g/mol. The van der Waals surface area contributed by atoms with Crippen LogP contribution < -0.4 is 10.2 Å². The number of nitrogens with zero attached hydrogens (tertiary/aromatic N) is 2. The van der Waals surface area contributed by atoms with E-state index >= 15 is 0 Å². The molecule has 9 heteroatoms. The Morgan fingerprint density at radius 2 is 1.89 bits per heavy atom. The summed E-state index contributed by atoms with van der Waals surface area (Å²) in [7, 11) is -1.72. The lowest BCUT2D eigenvalue weighted by Gasteiger charge is -2.18. The van der Waals surface area contributed by atoms with Crippen LogP contribution in [0.25, 0.3) is 16.2 Å². The first-order chi connectivity index (χ1) is 17.4. The number of hydrogen-bond donors (Lipinski definition) is 1. The van der Waals surface area contributed by atoms with Gasteiger partial charge in [0.1, 0.15) is 6.29 Å². The number of rotatable bonds is 10. The van der Waals surface area contributed by atoms with Crippen LogP contribution >= 0.6 is 11.3 Å². The first kappa shape index (κ1) is 25.3. The molecule has 36 heavy (non-hydrogen) atoms. The lowest BCUT2D eigenvalue weighted by molar-refractivity contribution is -0.106. The highest BCUT2D eigenvalue weighted by Gasteiger charge is 2.14. The Morgan fingerprint density at radius 3 is 2.64 bits per heavy atom. The van der Waals surface area contributed by atoms with Gasteiger partial charge in [-0.15, -0.1) is 11.3 Å².